The first-order valence-electron chi connectivity index (χ1n) is 9.77. The summed E-state index contributed by atoms with van der Waals surface area (Å²) in [7, 11) is 1.77. The first-order valence-corrected chi connectivity index (χ1v) is 9.77. The molecule has 0 saturated carbocycles. The van der Waals surface area contributed by atoms with Gasteiger partial charge in [0.15, 0.2) is 11.6 Å². The van der Waals surface area contributed by atoms with Gasteiger partial charge in [0.1, 0.15) is 0 Å². The summed E-state index contributed by atoms with van der Waals surface area (Å²) < 4.78 is 1.58. The summed E-state index contributed by atoms with van der Waals surface area (Å²) in [5.74, 6) is 0.640. The molecule has 0 atom stereocenters. The smallest absolute Gasteiger partial charge is 0.190 e. The number of aromatic nitrogens is 4. The SMILES string of the molecule is Cn1nnnc1CC1=CC(=NCc2ccc3ccccc3c2)c2ccccc2C1=O. The monoisotopic (exact) mass is 393 g/mol. The number of benzene rings is 3. The van der Waals surface area contributed by atoms with E-state index < -0.39 is 0 Å². The summed E-state index contributed by atoms with van der Waals surface area (Å²) >= 11 is 0. The fourth-order valence-electron chi connectivity index (χ4n) is 3.73. The van der Waals surface area contributed by atoms with Crippen LogP contribution in [0.15, 0.2) is 83.4 Å². The van der Waals surface area contributed by atoms with Crippen LogP contribution >= 0.6 is 0 Å². The Hall–Kier alpha value is -3.93. The van der Waals surface area contributed by atoms with Crippen molar-refractivity contribution in [3.8, 4) is 0 Å². The van der Waals surface area contributed by atoms with Crippen molar-refractivity contribution in [2.45, 2.75) is 13.0 Å². The minimum atomic E-state index is -0.00162. The van der Waals surface area contributed by atoms with Crippen LogP contribution in [0.3, 0.4) is 0 Å². The zero-order chi connectivity index (χ0) is 20.5. The summed E-state index contributed by atoms with van der Waals surface area (Å²) in [5.41, 5.74) is 4.11. The fraction of sp³-hybridized carbons (Fsp3) is 0.125. The van der Waals surface area contributed by atoms with Gasteiger partial charge in [-0.2, -0.15) is 0 Å². The highest BCUT2D eigenvalue weighted by atomic mass is 16.1. The van der Waals surface area contributed by atoms with Crippen molar-refractivity contribution >= 4 is 22.3 Å². The highest BCUT2D eigenvalue weighted by molar-refractivity contribution is 6.26. The number of hydrogen-bond donors (Lipinski definition) is 0. The van der Waals surface area contributed by atoms with Crippen molar-refractivity contribution in [2.24, 2.45) is 12.0 Å². The second kappa shape index (κ2) is 7.48. The Morgan fingerprint density at radius 1 is 0.933 bits per heavy atom. The second-order valence-corrected chi connectivity index (χ2v) is 7.32. The van der Waals surface area contributed by atoms with Crippen molar-refractivity contribution < 1.29 is 4.79 Å². The van der Waals surface area contributed by atoms with Crippen molar-refractivity contribution in [2.75, 3.05) is 0 Å². The number of Topliss-reactive ketones (excluding diaryl/α,β-unsaturated/α-hetero) is 1. The third-order valence-electron chi connectivity index (χ3n) is 5.35. The quantitative estimate of drug-likeness (QED) is 0.530. The van der Waals surface area contributed by atoms with E-state index in [2.05, 4.69) is 45.9 Å². The largest absolute Gasteiger partial charge is 0.289 e. The van der Waals surface area contributed by atoms with Gasteiger partial charge < -0.3 is 0 Å². The lowest BCUT2D eigenvalue weighted by Crippen LogP contribution is -2.20. The Morgan fingerprint density at radius 3 is 2.50 bits per heavy atom. The van der Waals surface area contributed by atoms with E-state index in [1.54, 1.807) is 11.7 Å². The highest BCUT2D eigenvalue weighted by Gasteiger charge is 2.25. The summed E-state index contributed by atoms with van der Waals surface area (Å²) in [6, 6.07) is 22.3. The minimum Gasteiger partial charge on any atom is -0.289 e. The first kappa shape index (κ1) is 18.1. The molecular weight excluding hydrogens is 374 g/mol. The molecule has 30 heavy (non-hydrogen) atoms. The number of rotatable bonds is 4. The summed E-state index contributed by atoms with van der Waals surface area (Å²) in [4.78, 5) is 17.9. The van der Waals surface area contributed by atoms with Crippen LogP contribution in [0.4, 0.5) is 0 Å². The van der Waals surface area contributed by atoms with E-state index in [4.69, 9.17) is 4.99 Å². The molecule has 0 saturated heterocycles. The molecule has 146 valence electrons. The van der Waals surface area contributed by atoms with E-state index >= 15 is 0 Å². The van der Waals surface area contributed by atoms with Gasteiger partial charge in [-0.05, 0) is 38.9 Å². The molecule has 3 aromatic carbocycles. The maximum atomic E-state index is 13.0. The molecule has 1 aromatic heterocycles. The number of tetrazole rings is 1. The number of fused-ring (bicyclic) bond motifs is 2. The molecule has 0 aliphatic heterocycles. The molecule has 1 aliphatic carbocycles. The van der Waals surface area contributed by atoms with Gasteiger partial charge in [-0.3, -0.25) is 9.79 Å². The van der Waals surface area contributed by atoms with E-state index in [0.29, 0.717) is 29.9 Å². The van der Waals surface area contributed by atoms with Crippen LogP contribution in [0.1, 0.15) is 27.3 Å². The van der Waals surface area contributed by atoms with E-state index in [-0.39, 0.29) is 5.78 Å². The molecule has 0 unspecified atom stereocenters. The van der Waals surface area contributed by atoms with Crippen LogP contribution < -0.4 is 0 Å². The van der Waals surface area contributed by atoms with Gasteiger partial charge in [0, 0.05) is 30.2 Å². The Kier molecular flexibility index (Phi) is 4.52. The predicted molar refractivity (Wildman–Crippen MR) is 116 cm³/mol. The maximum Gasteiger partial charge on any atom is 0.190 e. The van der Waals surface area contributed by atoms with E-state index in [1.807, 2.05) is 42.5 Å². The Balaban J connectivity index is 1.51. The van der Waals surface area contributed by atoms with Crippen molar-refractivity contribution in [1.29, 1.82) is 0 Å². The van der Waals surface area contributed by atoms with Crippen molar-refractivity contribution in [3.05, 3.63) is 101 Å². The number of ketones is 1. The second-order valence-electron chi connectivity index (χ2n) is 7.32. The van der Waals surface area contributed by atoms with E-state index in [1.165, 1.54) is 10.8 Å². The average Bonchev–Trinajstić information content (AvgIpc) is 3.19. The number of carbonyl (C=O) groups is 1. The van der Waals surface area contributed by atoms with Crippen molar-refractivity contribution in [3.63, 3.8) is 0 Å². The Morgan fingerprint density at radius 2 is 1.70 bits per heavy atom. The van der Waals surface area contributed by atoms with Crippen LogP contribution in [-0.4, -0.2) is 31.7 Å². The van der Waals surface area contributed by atoms with Crippen LogP contribution in [0.2, 0.25) is 0 Å². The van der Waals surface area contributed by atoms with Gasteiger partial charge in [0.2, 0.25) is 0 Å². The maximum absolute atomic E-state index is 13.0. The van der Waals surface area contributed by atoms with Gasteiger partial charge in [-0.1, -0.05) is 60.7 Å². The Labute approximate surface area is 173 Å². The molecule has 0 bridgehead atoms. The van der Waals surface area contributed by atoms with Gasteiger partial charge in [0.05, 0.1) is 12.3 Å². The number of carbonyl (C=O) groups excluding carboxylic acids is 1. The number of aryl methyl sites for hydroxylation is 1. The normalized spacial score (nSPS) is 14.8. The highest BCUT2D eigenvalue weighted by Crippen LogP contribution is 2.24. The van der Waals surface area contributed by atoms with Gasteiger partial charge in [0.25, 0.3) is 0 Å². The van der Waals surface area contributed by atoms with Gasteiger partial charge in [-0.25, -0.2) is 4.68 Å². The number of hydrogen-bond acceptors (Lipinski definition) is 5. The van der Waals surface area contributed by atoms with Gasteiger partial charge in [-0.15, -0.1) is 5.10 Å². The molecule has 0 spiro atoms. The van der Waals surface area contributed by atoms with E-state index in [9.17, 15) is 4.79 Å². The molecule has 0 amide bonds. The molecule has 6 heteroatoms. The summed E-state index contributed by atoms with van der Waals surface area (Å²) in [6.07, 6.45) is 2.24. The topological polar surface area (TPSA) is 73.0 Å². The lowest BCUT2D eigenvalue weighted by atomic mass is 9.87. The molecule has 5 rings (SSSR count). The molecule has 0 fully saturated rings. The predicted octanol–water partition coefficient (Wildman–Crippen LogP) is 3.72. The van der Waals surface area contributed by atoms with Crippen LogP contribution in [0.5, 0.6) is 0 Å². The third-order valence-corrected chi connectivity index (χ3v) is 5.35. The van der Waals surface area contributed by atoms with Crippen molar-refractivity contribution in [1.82, 2.24) is 20.2 Å². The molecule has 0 radical (unpaired) electrons. The molecular formula is C24H19N5O. The van der Waals surface area contributed by atoms with Crippen LogP contribution in [-0.2, 0) is 20.0 Å². The zero-order valence-electron chi connectivity index (χ0n) is 16.5. The standard InChI is InChI=1S/C24H19N5O/c1-29-23(26-27-28-29)14-19-13-22(20-8-4-5-9-21(20)24(19)30)25-15-16-10-11-17-6-2-3-7-18(17)12-16/h2-13H,14-15H2,1H3. The summed E-state index contributed by atoms with van der Waals surface area (Å²) in [6.45, 7) is 0.540. The zero-order valence-corrected chi connectivity index (χ0v) is 16.5. The third kappa shape index (κ3) is 3.33. The average molecular weight is 393 g/mol. The van der Waals surface area contributed by atoms with E-state index in [0.717, 1.165) is 16.8 Å². The molecule has 4 aromatic rings. The Bertz CT molecular complexity index is 1330. The fourth-order valence-corrected chi connectivity index (χ4v) is 3.73. The number of allylic oxidation sites excluding steroid dienone is 2. The van der Waals surface area contributed by atoms with Crippen LogP contribution in [0.25, 0.3) is 10.8 Å². The lowest BCUT2D eigenvalue weighted by Gasteiger charge is -2.17. The molecule has 1 aliphatic rings. The number of nitrogens with zero attached hydrogens (tertiary/aromatic N) is 5. The summed E-state index contributed by atoms with van der Waals surface area (Å²) in [5, 5.41) is 14.0. The molecule has 0 N–H and O–H groups in total. The molecule has 6 nitrogen and oxygen atoms in total. The number of aliphatic imine (C=N–C) groups is 1. The van der Waals surface area contributed by atoms with Crippen LogP contribution in [0, 0.1) is 0 Å². The molecule has 1 heterocycles. The van der Waals surface area contributed by atoms with Gasteiger partial charge >= 0.3 is 0 Å². The lowest BCUT2D eigenvalue weighted by molar-refractivity contribution is 0.103. The minimum absolute atomic E-state index is 0.00162. The first-order chi connectivity index (χ1) is 14.7.